The van der Waals surface area contributed by atoms with E-state index in [9.17, 15) is 13.2 Å². The van der Waals surface area contributed by atoms with E-state index in [1.54, 1.807) is 32.6 Å². The molecule has 0 saturated carbocycles. The molecule has 0 radical (unpaired) electrons. The predicted octanol–water partition coefficient (Wildman–Crippen LogP) is 0.577. The summed E-state index contributed by atoms with van der Waals surface area (Å²) in [6, 6.07) is 5.97. The van der Waals surface area contributed by atoms with Gasteiger partial charge in [0.15, 0.2) is 0 Å². The lowest BCUT2D eigenvalue weighted by Gasteiger charge is -2.14. The van der Waals surface area contributed by atoms with Crippen molar-refractivity contribution in [3.63, 3.8) is 0 Å². The van der Waals surface area contributed by atoms with Gasteiger partial charge in [-0.2, -0.15) is 0 Å². The number of nitrogens with one attached hydrogen (secondary N) is 2. The largest absolute Gasteiger partial charge is 0.495 e. The molecule has 0 aliphatic heterocycles. The third-order valence-corrected chi connectivity index (χ3v) is 4.85. The van der Waals surface area contributed by atoms with Crippen LogP contribution in [0.3, 0.4) is 0 Å². The van der Waals surface area contributed by atoms with E-state index in [1.807, 2.05) is 0 Å². The zero-order valence-corrected chi connectivity index (χ0v) is 15.6. The summed E-state index contributed by atoms with van der Waals surface area (Å²) in [6.45, 7) is 0.400. The number of hydrogen-bond donors (Lipinski definition) is 2. The number of anilines is 1. The van der Waals surface area contributed by atoms with Crippen molar-refractivity contribution in [2.24, 2.45) is 0 Å². The highest BCUT2D eigenvalue weighted by Gasteiger charge is 2.21. The molecule has 9 nitrogen and oxygen atoms in total. The zero-order chi connectivity index (χ0) is 19.2. The second kappa shape index (κ2) is 8.59. The summed E-state index contributed by atoms with van der Waals surface area (Å²) in [6.07, 6.45) is 3.16. The van der Waals surface area contributed by atoms with Crippen molar-refractivity contribution < 1.29 is 17.9 Å². The summed E-state index contributed by atoms with van der Waals surface area (Å²) in [4.78, 5) is 21.3. The lowest BCUT2D eigenvalue weighted by molar-refractivity contribution is 0.0827. The quantitative estimate of drug-likeness (QED) is 0.645. The van der Waals surface area contributed by atoms with Gasteiger partial charge in [0.05, 0.1) is 7.11 Å². The minimum absolute atomic E-state index is 0.0938. The Morgan fingerprint density at radius 1 is 1.19 bits per heavy atom. The number of ether oxygens (including phenoxy) is 1. The summed E-state index contributed by atoms with van der Waals surface area (Å²) < 4.78 is 32.8. The first-order valence-electron chi connectivity index (χ1n) is 7.75. The molecule has 10 heteroatoms. The molecule has 1 amide bonds. The lowest BCUT2D eigenvalue weighted by Crippen LogP contribution is -2.30. The molecule has 0 spiro atoms. The molecule has 26 heavy (non-hydrogen) atoms. The topological polar surface area (TPSA) is 114 Å². The van der Waals surface area contributed by atoms with Gasteiger partial charge in [0, 0.05) is 45.1 Å². The number of nitrogens with zero attached hydrogens (tertiary/aromatic N) is 3. The highest BCUT2D eigenvalue weighted by atomic mass is 32.2. The molecule has 2 rings (SSSR count). The summed E-state index contributed by atoms with van der Waals surface area (Å²) in [5.41, 5.74) is 0.256. The van der Waals surface area contributed by atoms with Gasteiger partial charge < -0.3 is 15.0 Å². The van der Waals surface area contributed by atoms with E-state index in [4.69, 9.17) is 4.74 Å². The number of hydrogen-bond acceptors (Lipinski definition) is 7. The van der Waals surface area contributed by atoms with Gasteiger partial charge in [-0.1, -0.05) is 0 Å². The molecule has 0 atom stereocenters. The fourth-order valence-electron chi connectivity index (χ4n) is 2.11. The highest BCUT2D eigenvalue weighted by Crippen LogP contribution is 2.25. The summed E-state index contributed by atoms with van der Waals surface area (Å²) in [5, 5.41) is 2.90. The van der Waals surface area contributed by atoms with Gasteiger partial charge in [-0.25, -0.2) is 23.1 Å². The van der Waals surface area contributed by atoms with E-state index in [0.717, 1.165) is 0 Å². The van der Waals surface area contributed by atoms with Crippen LogP contribution < -0.4 is 14.8 Å². The molecule has 1 aromatic heterocycles. The number of amides is 1. The number of aromatic nitrogens is 2. The van der Waals surface area contributed by atoms with Gasteiger partial charge in [0.1, 0.15) is 10.6 Å². The number of carbonyl (C=O) groups is 1. The molecule has 0 aliphatic carbocycles. The van der Waals surface area contributed by atoms with Gasteiger partial charge in [0.2, 0.25) is 16.0 Å². The SMILES string of the molecule is COc1ccc(C(=O)N(C)C)cc1S(=O)(=O)NCCNc1ncccn1. The molecule has 2 aromatic rings. The van der Waals surface area contributed by atoms with Gasteiger partial charge >= 0.3 is 0 Å². The van der Waals surface area contributed by atoms with Crippen molar-refractivity contribution in [2.75, 3.05) is 39.6 Å². The van der Waals surface area contributed by atoms with Gasteiger partial charge in [-0.3, -0.25) is 4.79 Å². The van der Waals surface area contributed by atoms with Crippen LogP contribution >= 0.6 is 0 Å². The summed E-state index contributed by atoms with van der Waals surface area (Å²) in [5.74, 6) is 0.266. The Balaban J connectivity index is 2.11. The molecular formula is C16H21N5O4S. The second-order valence-electron chi connectivity index (χ2n) is 5.46. The van der Waals surface area contributed by atoms with Crippen molar-refractivity contribution >= 4 is 21.9 Å². The third-order valence-electron chi connectivity index (χ3n) is 3.37. The van der Waals surface area contributed by atoms with Crippen LogP contribution in [0.5, 0.6) is 5.75 Å². The monoisotopic (exact) mass is 379 g/mol. The Morgan fingerprint density at radius 3 is 2.50 bits per heavy atom. The molecule has 0 bridgehead atoms. The molecule has 1 aromatic carbocycles. The van der Waals surface area contributed by atoms with E-state index in [1.165, 1.54) is 30.2 Å². The summed E-state index contributed by atoms with van der Waals surface area (Å²) >= 11 is 0. The van der Waals surface area contributed by atoms with Gasteiger partial charge in [0.25, 0.3) is 5.91 Å². The maximum atomic E-state index is 12.6. The maximum absolute atomic E-state index is 12.6. The van der Waals surface area contributed by atoms with Crippen LogP contribution in [0, 0.1) is 0 Å². The van der Waals surface area contributed by atoms with E-state index in [2.05, 4.69) is 20.0 Å². The van der Waals surface area contributed by atoms with Crippen LogP contribution in [0.15, 0.2) is 41.6 Å². The molecule has 140 valence electrons. The van der Waals surface area contributed by atoms with Crippen molar-refractivity contribution in [1.29, 1.82) is 0 Å². The van der Waals surface area contributed by atoms with Crippen LogP contribution in [-0.2, 0) is 10.0 Å². The van der Waals surface area contributed by atoms with Crippen LogP contribution in [-0.4, -0.2) is 63.5 Å². The van der Waals surface area contributed by atoms with E-state index >= 15 is 0 Å². The molecule has 2 N–H and O–H groups in total. The molecule has 0 aliphatic rings. The fourth-order valence-corrected chi connectivity index (χ4v) is 3.33. The predicted molar refractivity (Wildman–Crippen MR) is 96.7 cm³/mol. The van der Waals surface area contributed by atoms with Crippen molar-refractivity contribution in [2.45, 2.75) is 4.90 Å². The first kappa shape index (κ1) is 19.6. The summed E-state index contributed by atoms with van der Waals surface area (Å²) in [7, 11) is 0.693. The highest BCUT2D eigenvalue weighted by molar-refractivity contribution is 7.89. The van der Waals surface area contributed by atoms with E-state index in [-0.39, 0.29) is 28.7 Å². The van der Waals surface area contributed by atoms with Crippen molar-refractivity contribution in [1.82, 2.24) is 19.6 Å². The number of benzene rings is 1. The van der Waals surface area contributed by atoms with Crippen molar-refractivity contribution in [3.8, 4) is 5.75 Å². The average Bonchev–Trinajstić information content (AvgIpc) is 2.65. The van der Waals surface area contributed by atoms with Crippen molar-refractivity contribution in [3.05, 3.63) is 42.2 Å². The number of methoxy groups -OCH3 is 1. The minimum Gasteiger partial charge on any atom is -0.495 e. The Kier molecular flexibility index (Phi) is 6.47. The Labute approximate surface area is 152 Å². The van der Waals surface area contributed by atoms with Gasteiger partial charge in [-0.15, -0.1) is 0 Å². The zero-order valence-electron chi connectivity index (χ0n) is 14.8. The number of carbonyl (C=O) groups excluding carboxylic acids is 1. The first-order chi connectivity index (χ1) is 12.3. The fraction of sp³-hybridized carbons (Fsp3) is 0.312. The molecule has 0 saturated heterocycles. The minimum atomic E-state index is -3.87. The van der Waals surface area contributed by atoms with Gasteiger partial charge in [-0.05, 0) is 24.3 Å². The smallest absolute Gasteiger partial charge is 0.253 e. The van der Waals surface area contributed by atoms with Crippen LogP contribution in [0.1, 0.15) is 10.4 Å². The van der Waals surface area contributed by atoms with Crippen LogP contribution in [0.2, 0.25) is 0 Å². The lowest BCUT2D eigenvalue weighted by atomic mass is 10.2. The molecular weight excluding hydrogens is 358 g/mol. The first-order valence-corrected chi connectivity index (χ1v) is 9.23. The normalized spacial score (nSPS) is 11.0. The molecule has 1 heterocycles. The molecule has 0 unspecified atom stereocenters. The Hall–Kier alpha value is -2.72. The Morgan fingerprint density at radius 2 is 1.88 bits per heavy atom. The van der Waals surface area contributed by atoms with Crippen LogP contribution in [0.4, 0.5) is 5.95 Å². The standard InChI is InChI=1S/C16H21N5O4S/c1-21(2)15(22)12-5-6-13(25-3)14(11-12)26(23,24)20-10-9-19-16-17-7-4-8-18-16/h4-8,11,20H,9-10H2,1-3H3,(H,17,18,19). The van der Waals surface area contributed by atoms with E-state index < -0.39 is 10.0 Å². The Bertz CT molecular complexity index is 856. The second-order valence-corrected chi connectivity index (χ2v) is 7.20. The third kappa shape index (κ3) is 4.90. The maximum Gasteiger partial charge on any atom is 0.253 e. The average molecular weight is 379 g/mol. The number of sulfonamides is 1. The van der Waals surface area contributed by atoms with E-state index in [0.29, 0.717) is 12.5 Å². The number of rotatable bonds is 8. The van der Waals surface area contributed by atoms with Crippen LogP contribution in [0.25, 0.3) is 0 Å². The molecule has 0 fully saturated rings.